The summed E-state index contributed by atoms with van der Waals surface area (Å²) in [6.45, 7) is 1.86. The fraction of sp³-hybridized carbons (Fsp3) is 0.500. The minimum Gasteiger partial charge on any atom is -0.480 e. The van der Waals surface area contributed by atoms with Crippen molar-refractivity contribution < 1.29 is 15.0 Å². The third-order valence-electron chi connectivity index (χ3n) is 3.73. The molecule has 0 aromatic heterocycles. The molecular weight excluding hydrogens is 230 g/mol. The van der Waals surface area contributed by atoms with Gasteiger partial charge in [0.05, 0.1) is 12.6 Å². The number of rotatable bonds is 6. The average molecular weight is 249 g/mol. The molecule has 2 unspecified atom stereocenters. The van der Waals surface area contributed by atoms with E-state index in [1.54, 1.807) is 0 Å². The van der Waals surface area contributed by atoms with Gasteiger partial charge in [-0.2, -0.15) is 0 Å². The fourth-order valence-corrected chi connectivity index (χ4v) is 2.20. The third-order valence-corrected chi connectivity index (χ3v) is 3.73. The van der Waals surface area contributed by atoms with Gasteiger partial charge in [0.1, 0.15) is 6.04 Å². The largest absolute Gasteiger partial charge is 0.480 e. The SMILES string of the molecule is CC1(C(NC(CO)c2ccccc2)C(=O)O)CC1. The lowest BCUT2D eigenvalue weighted by atomic mass is 9.96. The van der Waals surface area contributed by atoms with Crippen LogP contribution in [0.2, 0.25) is 0 Å². The van der Waals surface area contributed by atoms with E-state index in [-0.39, 0.29) is 18.1 Å². The number of nitrogens with one attached hydrogen (secondary N) is 1. The molecule has 1 saturated carbocycles. The molecule has 4 heteroatoms. The van der Waals surface area contributed by atoms with Gasteiger partial charge in [0.2, 0.25) is 0 Å². The van der Waals surface area contributed by atoms with E-state index in [9.17, 15) is 15.0 Å². The molecule has 0 heterocycles. The highest BCUT2D eigenvalue weighted by Gasteiger charge is 2.49. The van der Waals surface area contributed by atoms with Crippen LogP contribution in [0.1, 0.15) is 31.4 Å². The average Bonchev–Trinajstić information content (AvgIpc) is 3.10. The quantitative estimate of drug-likeness (QED) is 0.715. The second kappa shape index (κ2) is 5.08. The van der Waals surface area contributed by atoms with E-state index in [1.807, 2.05) is 37.3 Å². The summed E-state index contributed by atoms with van der Waals surface area (Å²) in [7, 11) is 0. The Labute approximate surface area is 107 Å². The van der Waals surface area contributed by atoms with Crippen LogP contribution in [0.4, 0.5) is 0 Å². The molecule has 2 atom stereocenters. The zero-order valence-corrected chi connectivity index (χ0v) is 10.5. The Hall–Kier alpha value is -1.39. The maximum atomic E-state index is 11.3. The summed E-state index contributed by atoms with van der Waals surface area (Å²) in [5.41, 5.74) is 0.740. The zero-order valence-electron chi connectivity index (χ0n) is 10.5. The van der Waals surface area contributed by atoms with E-state index < -0.39 is 12.0 Å². The molecule has 0 amide bonds. The number of hydrogen-bond acceptors (Lipinski definition) is 3. The van der Waals surface area contributed by atoms with Crippen molar-refractivity contribution in [1.29, 1.82) is 0 Å². The van der Waals surface area contributed by atoms with Crippen LogP contribution in [0.25, 0.3) is 0 Å². The van der Waals surface area contributed by atoms with Gasteiger partial charge in [-0.05, 0) is 23.8 Å². The van der Waals surface area contributed by atoms with Crippen molar-refractivity contribution >= 4 is 5.97 Å². The molecule has 18 heavy (non-hydrogen) atoms. The van der Waals surface area contributed by atoms with Crippen LogP contribution < -0.4 is 5.32 Å². The van der Waals surface area contributed by atoms with E-state index in [0.29, 0.717) is 0 Å². The third kappa shape index (κ3) is 2.71. The molecule has 2 rings (SSSR count). The molecule has 98 valence electrons. The lowest BCUT2D eigenvalue weighted by molar-refractivity contribution is -0.141. The summed E-state index contributed by atoms with van der Waals surface area (Å²) in [5.74, 6) is -0.843. The molecule has 1 aromatic carbocycles. The van der Waals surface area contributed by atoms with Crippen LogP contribution >= 0.6 is 0 Å². The van der Waals surface area contributed by atoms with Crippen LogP contribution in [-0.4, -0.2) is 28.8 Å². The Morgan fingerprint density at radius 2 is 2.00 bits per heavy atom. The lowest BCUT2D eigenvalue weighted by Gasteiger charge is -2.26. The number of aliphatic carboxylic acids is 1. The van der Waals surface area contributed by atoms with Crippen LogP contribution in [0.3, 0.4) is 0 Å². The van der Waals surface area contributed by atoms with Crippen molar-refractivity contribution in [1.82, 2.24) is 5.32 Å². The monoisotopic (exact) mass is 249 g/mol. The van der Waals surface area contributed by atoms with Crippen LogP contribution in [0.5, 0.6) is 0 Å². The summed E-state index contributed by atoms with van der Waals surface area (Å²) in [6.07, 6.45) is 1.84. The maximum absolute atomic E-state index is 11.3. The van der Waals surface area contributed by atoms with Gasteiger partial charge < -0.3 is 10.2 Å². The molecule has 4 nitrogen and oxygen atoms in total. The van der Waals surface area contributed by atoms with Crippen molar-refractivity contribution in [3.63, 3.8) is 0 Å². The second-order valence-electron chi connectivity index (χ2n) is 5.24. The number of hydrogen-bond donors (Lipinski definition) is 3. The second-order valence-corrected chi connectivity index (χ2v) is 5.24. The first-order chi connectivity index (χ1) is 8.57. The van der Waals surface area contributed by atoms with E-state index >= 15 is 0 Å². The highest BCUT2D eigenvalue weighted by atomic mass is 16.4. The summed E-state index contributed by atoms with van der Waals surface area (Å²) < 4.78 is 0. The van der Waals surface area contributed by atoms with Gasteiger partial charge in [-0.15, -0.1) is 0 Å². The Kier molecular flexibility index (Phi) is 3.68. The molecule has 1 fully saturated rings. The first kappa shape index (κ1) is 13.1. The number of aliphatic hydroxyl groups excluding tert-OH is 1. The highest BCUT2D eigenvalue weighted by Crippen LogP contribution is 2.48. The first-order valence-corrected chi connectivity index (χ1v) is 6.21. The molecule has 3 N–H and O–H groups in total. The van der Waals surface area contributed by atoms with Crippen molar-refractivity contribution in [2.75, 3.05) is 6.61 Å². The number of carboxylic acid groups (broad SMARTS) is 1. The first-order valence-electron chi connectivity index (χ1n) is 6.21. The number of carboxylic acids is 1. The summed E-state index contributed by atoms with van der Waals surface area (Å²) in [5, 5.41) is 21.8. The molecular formula is C14H19NO3. The molecule has 1 aliphatic carbocycles. The normalized spacial score (nSPS) is 20.1. The van der Waals surface area contributed by atoms with Crippen molar-refractivity contribution in [3.8, 4) is 0 Å². The Morgan fingerprint density at radius 3 is 2.44 bits per heavy atom. The standard InChI is InChI=1S/C14H19NO3/c1-14(7-8-14)12(13(17)18)15-11(9-16)10-5-3-2-4-6-10/h2-6,11-12,15-16H,7-9H2,1H3,(H,17,18). The molecule has 0 spiro atoms. The van der Waals surface area contributed by atoms with Crippen LogP contribution in [0.15, 0.2) is 30.3 Å². The summed E-state index contributed by atoms with van der Waals surface area (Å²) in [6, 6.07) is 8.51. The fourth-order valence-electron chi connectivity index (χ4n) is 2.20. The zero-order chi connectivity index (χ0) is 13.2. The predicted octanol–water partition coefficient (Wildman–Crippen LogP) is 1.56. The van der Waals surface area contributed by atoms with Crippen LogP contribution in [-0.2, 0) is 4.79 Å². The molecule has 1 aromatic rings. The smallest absolute Gasteiger partial charge is 0.321 e. The Morgan fingerprint density at radius 1 is 1.39 bits per heavy atom. The minimum atomic E-state index is -0.843. The molecule has 1 aliphatic rings. The van der Waals surface area contributed by atoms with Gasteiger partial charge in [0, 0.05) is 0 Å². The van der Waals surface area contributed by atoms with Gasteiger partial charge >= 0.3 is 5.97 Å². The summed E-state index contributed by atoms with van der Waals surface area (Å²) in [4.78, 5) is 11.3. The van der Waals surface area contributed by atoms with E-state index in [2.05, 4.69) is 5.32 Å². The summed E-state index contributed by atoms with van der Waals surface area (Å²) >= 11 is 0. The Balaban J connectivity index is 2.12. The molecule has 0 saturated heterocycles. The lowest BCUT2D eigenvalue weighted by Crippen LogP contribution is -2.45. The van der Waals surface area contributed by atoms with E-state index in [0.717, 1.165) is 18.4 Å². The van der Waals surface area contributed by atoms with Crippen molar-refractivity contribution in [2.45, 2.75) is 31.8 Å². The number of benzene rings is 1. The van der Waals surface area contributed by atoms with Crippen LogP contribution in [0, 0.1) is 5.41 Å². The van der Waals surface area contributed by atoms with E-state index in [4.69, 9.17) is 0 Å². The highest BCUT2D eigenvalue weighted by molar-refractivity contribution is 5.75. The van der Waals surface area contributed by atoms with Gasteiger partial charge in [-0.25, -0.2) is 0 Å². The molecule has 0 aliphatic heterocycles. The van der Waals surface area contributed by atoms with Gasteiger partial charge in [-0.3, -0.25) is 10.1 Å². The molecule has 0 bridgehead atoms. The minimum absolute atomic E-state index is 0.107. The molecule has 0 radical (unpaired) electrons. The topological polar surface area (TPSA) is 69.6 Å². The van der Waals surface area contributed by atoms with Crippen molar-refractivity contribution in [3.05, 3.63) is 35.9 Å². The van der Waals surface area contributed by atoms with Gasteiger partial charge in [0.25, 0.3) is 0 Å². The van der Waals surface area contributed by atoms with Gasteiger partial charge in [0.15, 0.2) is 0 Å². The predicted molar refractivity (Wildman–Crippen MR) is 68.2 cm³/mol. The maximum Gasteiger partial charge on any atom is 0.321 e. The Bertz CT molecular complexity index is 414. The van der Waals surface area contributed by atoms with Crippen molar-refractivity contribution in [2.24, 2.45) is 5.41 Å². The number of carbonyl (C=O) groups is 1. The van der Waals surface area contributed by atoms with Gasteiger partial charge in [-0.1, -0.05) is 37.3 Å². The number of aliphatic hydroxyl groups is 1. The van der Waals surface area contributed by atoms with E-state index in [1.165, 1.54) is 0 Å².